The molecule has 0 unspecified atom stereocenters. The Morgan fingerprint density at radius 2 is 1.86 bits per heavy atom. The summed E-state index contributed by atoms with van der Waals surface area (Å²) in [6.45, 7) is 14.5. The molecule has 5 N–H and O–H groups in total. The first kappa shape index (κ1) is 26.8. The fourth-order valence-electron chi connectivity index (χ4n) is 4.92. The maximum absolute atomic E-state index is 12.7. The zero-order chi connectivity index (χ0) is 26.1. The summed E-state index contributed by atoms with van der Waals surface area (Å²) in [5, 5.41) is 18.3. The summed E-state index contributed by atoms with van der Waals surface area (Å²) in [4.78, 5) is 15.1. The summed E-state index contributed by atoms with van der Waals surface area (Å²) in [5.74, 6) is 0.0839. The van der Waals surface area contributed by atoms with Crippen molar-refractivity contribution in [2.75, 3.05) is 29.3 Å². The minimum absolute atomic E-state index is 0.0574. The maximum atomic E-state index is 12.7. The molecule has 2 aromatic carbocycles. The van der Waals surface area contributed by atoms with Crippen molar-refractivity contribution in [1.82, 2.24) is 5.32 Å². The number of anilines is 2. The monoisotopic (exact) mass is 502 g/mol. The average molecular weight is 503 g/mol. The number of amides is 1. The largest absolute Gasteiger partial charge is 0.507 e. The van der Waals surface area contributed by atoms with Gasteiger partial charge in [-0.2, -0.15) is 8.42 Å². The summed E-state index contributed by atoms with van der Waals surface area (Å²) in [6, 6.07) is 6.46. The van der Waals surface area contributed by atoms with Gasteiger partial charge in [0.05, 0.1) is 11.3 Å². The standard InChI is InChI=1S/C26H38N4O4S/c1-16(2)14-30-12-11-19-17(3)23(29-35(27,33)34)18(4)21(24(19)30)13-26(5,6)15-28-25(32)20-9-7-8-10-22(20)31/h7-10,16,29,31H,11-15H2,1-6H3,(H,28,32)(H2,27,33,34). The summed E-state index contributed by atoms with van der Waals surface area (Å²) in [7, 11) is -3.93. The minimum atomic E-state index is -3.93. The van der Waals surface area contributed by atoms with Crippen molar-refractivity contribution < 1.29 is 18.3 Å². The predicted octanol–water partition coefficient (Wildman–Crippen LogP) is 3.64. The van der Waals surface area contributed by atoms with E-state index in [1.54, 1.807) is 18.2 Å². The van der Waals surface area contributed by atoms with E-state index in [-0.39, 0.29) is 22.6 Å². The second-order valence-electron chi connectivity index (χ2n) is 10.7. The summed E-state index contributed by atoms with van der Waals surface area (Å²) in [5.41, 5.74) is 5.58. The molecule has 1 aliphatic heterocycles. The molecule has 1 amide bonds. The van der Waals surface area contributed by atoms with Crippen LogP contribution in [0.15, 0.2) is 24.3 Å². The molecule has 0 spiro atoms. The third-order valence-electron chi connectivity index (χ3n) is 6.54. The van der Waals surface area contributed by atoms with Crippen molar-refractivity contribution in [3.8, 4) is 5.75 Å². The van der Waals surface area contributed by atoms with E-state index in [1.165, 1.54) is 11.8 Å². The van der Waals surface area contributed by atoms with Crippen LogP contribution in [0.25, 0.3) is 0 Å². The summed E-state index contributed by atoms with van der Waals surface area (Å²) >= 11 is 0. The number of phenols is 1. The molecule has 0 fully saturated rings. The van der Waals surface area contributed by atoms with Gasteiger partial charge >= 0.3 is 0 Å². The van der Waals surface area contributed by atoms with Crippen LogP contribution >= 0.6 is 0 Å². The molecule has 192 valence electrons. The summed E-state index contributed by atoms with van der Waals surface area (Å²) in [6.07, 6.45) is 1.46. The van der Waals surface area contributed by atoms with E-state index in [4.69, 9.17) is 5.14 Å². The van der Waals surface area contributed by atoms with Crippen molar-refractivity contribution in [3.05, 3.63) is 52.1 Å². The van der Waals surface area contributed by atoms with Crippen LogP contribution in [0.4, 0.5) is 11.4 Å². The lowest BCUT2D eigenvalue weighted by molar-refractivity contribution is 0.0933. The quantitative estimate of drug-likeness (QED) is 0.417. The van der Waals surface area contributed by atoms with Gasteiger partial charge < -0.3 is 15.3 Å². The molecule has 8 nitrogen and oxygen atoms in total. The molecule has 0 saturated heterocycles. The fraction of sp³-hybridized carbons (Fsp3) is 0.500. The van der Waals surface area contributed by atoms with Gasteiger partial charge in [-0.15, -0.1) is 0 Å². The number of hydrogen-bond acceptors (Lipinski definition) is 5. The molecular formula is C26H38N4O4S. The average Bonchev–Trinajstić information content (AvgIpc) is 3.15. The van der Waals surface area contributed by atoms with E-state index >= 15 is 0 Å². The third kappa shape index (κ3) is 6.27. The molecule has 0 bridgehead atoms. The number of carbonyl (C=O) groups is 1. The molecule has 1 aliphatic rings. The number of nitrogens with one attached hydrogen (secondary N) is 2. The Bertz CT molecular complexity index is 1220. The maximum Gasteiger partial charge on any atom is 0.296 e. The number of fused-ring (bicyclic) bond motifs is 1. The van der Waals surface area contributed by atoms with Crippen LogP contribution in [0.1, 0.15) is 60.3 Å². The number of rotatable bonds is 9. The lowest BCUT2D eigenvalue weighted by atomic mass is 9.81. The number of nitrogens with two attached hydrogens (primary N) is 1. The Balaban J connectivity index is 1.97. The van der Waals surface area contributed by atoms with Gasteiger partial charge in [0.15, 0.2) is 0 Å². The van der Waals surface area contributed by atoms with Gasteiger partial charge in [0.1, 0.15) is 5.75 Å². The number of para-hydroxylation sites is 1. The Hall–Kier alpha value is -2.78. The van der Waals surface area contributed by atoms with Gasteiger partial charge in [-0.1, -0.05) is 39.8 Å². The highest BCUT2D eigenvalue weighted by atomic mass is 32.2. The lowest BCUT2D eigenvalue weighted by Crippen LogP contribution is -2.36. The molecule has 0 radical (unpaired) electrons. The summed E-state index contributed by atoms with van der Waals surface area (Å²) < 4.78 is 26.4. The number of phenolic OH excluding ortho intramolecular Hbond substituents is 1. The van der Waals surface area contributed by atoms with Gasteiger partial charge in [0, 0.05) is 25.3 Å². The first-order chi connectivity index (χ1) is 16.2. The molecular weight excluding hydrogens is 464 g/mol. The predicted molar refractivity (Wildman–Crippen MR) is 141 cm³/mol. The molecule has 2 aromatic rings. The zero-order valence-corrected chi connectivity index (χ0v) is 22.3. The second kappa shape index (κ2) is 10.1. The normalized spacial score (nSPS) is 13.8. The smallest absolute Gasteiger partial charge is 0.296 e. The highest BCUT2D eigenvalue weighted by Gasteiger charge is 2.32. The Labute approximate surface area is 209 Å². The van der Waals surface area contributed by atoms with Gasteiger partial charge in [-0.05, 0) is 72.4 Å². The molecule has 0 atom stereocenters. The molecule has 0 aromatic heterocycles. The van der Waals surface area contributed by atoms with E-state index in [1.807, 2.05) is 13.8 Å². The van der Waals surface area contributed by atoms with Crippen LogP contribution in [-0.2, 0) is 23.1 Å². The highest BCUT2D eigenvalue weighted by molar-refractivity contribution is 7.90. The minimum Gasteiger partial charge on any atom is -0.507 e. The van der Waals surface area contributed by atoms with E-state index in [9.17, 15) is 18.3 Å². The van der Waals surface area contributed by atoms with Crippen molar-refractivity contribution in [2.45, 2.75) is 54.4 Å². The van der Waals surface area contributed by atoms with Crippen LogP contribution in [0.5, 0.6) is 5.75 Å². The zero-order valence-electron chi connectivity index (χ0n) is 21.5. The highest BCUT2D eigenvalue weighted by Crippen LogP contribution is 2.44. The van der Waals surface area contributed by atoms with Crippen LogP contribution in [0.3, 0.4) is 0 Å². The second-order valence-corrected chi connectivity index (χ2v) is 12.0. The van der Waals surface area contributed by atoms with E-state index < -0.39 is 10.2 Å². The van der Waals surface area contributed by atoms with Gasteiger partial charge in [0.2, 0.25) is 0 Å². The van der Waals surface area contributed by atoms with Gasteiger partial charge in [-0.25, -0.2) is 5.14 Å². The number of benzene rings is 2. The van der Waals surface area contributed by atoms with Crippen LogP contribution in [0.2, 0.25) is 0 Å². The van der Waals surface area contributed by atoms with Gasteiger partial charge in [0.25, 0.3) is 16.1 Å². The number of hydrogen-bond donors (Lipinski definition) is 4. The SMILES string of the molecule is Cc1c2c(c(CC(C)(C)CNC(=O)c3ccccc3O)c(C)c1NS(N)(=O)=O)N(CC(C)C)CC2. The third-order valence-corrected chi connectivity index (χ3v) is 7.02. The first-order valence-electron chi connectivity index (χ1n) is 12.0. The Morgan fingerprint density at radius 3 is 2.46 bits per heavy atom. The van der Waals surface area contributed by atoms with Gasteiger partial charge in [-0.3, -0.25) is 9.52 Å². The first-order valence-corrected chi connectivity index (χ1v) is 13.5. The fourth-order valence-corrected chi connectivity index (χ4v) is 5.51. The topological polar surface area (TPSA) is 125 Å². The molecule has 35 heavy (non-hydrogen) atoms. The number of aromatic hydroxyl groups is 1. The molecule has 0 aliphatic carbocycles. The number of carbonyl (C=O) groups excluding carboxylic acids is 1. The lowest BCUT2D eigenvalue weighted by Gasteiger charge is -2.32. The number of nitrogens with zero attached hydrogens (tertiary/aromatic N) is 1. The van der Waals surface area contributed by atoms with Crippen molar-refractivity contribution in [2.24, 2.45) is 16.5 Å². The molecule has 9 heteroatoms. The molecule has 3 rings (SSSR count). The Morgan fingerprint density at radius 1 is 1.20 bits per heavy atom. The molecule has 0 saturated carbocycles. The van der Waals surface area contributed by atoms with Crippen molar-refractivity contribution >= 4 is 27.5 Å². The van der Waals surface area contributed by atoms with E-state index in [2.05, 4.69) is 42.6 Å². The van der Waals surface area contributed by atoms with Crippen molar-refractivity contribution in [1.29, 1.82) is 0 Å². The van der Waals surface area contributed by atoms with Crippen LogP contribution in [0, 0.1) is 25.2 Å². The van der Waals surface area contributed by atoms with Crippen molar-refractivity contribution in [3.63, 3.8) is 0 Å². The van der Waals surface area contributed by atoms with Crippen LogP contribution in [-0.4, -0.2) is 39.1 Å². The molecule has 1 heterocycles. The Kier molecular flexibility index (Phi) is 7.71. The van der Waals surface area contributed by atoms with E-state index in [0.29, 0.717) is 24.6 Å². The van der Waals surface area contributed by atoms with E-state index in [0.717, 1.165) is 41.8 Å². The van der Waals surface area contributed by atoms with Crippen LogP contribution < -0.4 is 20.1 Å².